The Labute approximate surface area is 124 Å². The molecule has 2 heterocycles. The minimum Gasteiger partial charge on any atom is -0.420 e. The molecule has 1 N–H and O–H groups in total. The van der Waals surface area contributed by atoms with Crippen LogP contribution >= 0.6 is 24.8 Å². The number of aromatic nitrogens is 2. The first kappa shape index (κ1) is 16.0. The third-order valence-electron chi connectivity index (χ3n) is 3.15. The summed E-state index contributed by atoms with van der Waals surface area (Å²) in [5.74, 6) is 1.82. The second kappa shape index (κ2) is 7.48. The van der Waals surface area contributed by atoms with Gasteiger partial charge < -0.3 is 9.73 Å². The fourth-order valence-corrected chi connectivity index (χ4v) is 2.17. The van der Waals surface area contributed by atoms with Gasteiger partial charge in [0.2, 0.25) is 11.8 Å². The van der Waals surface area contributed by atoms with Gasteiger partial charge in [0, 0.05) is 11.5 Å². The first-order valence-corrected chi connectivity index (χ1v) is 6.03. The minimum absolute atomic E-state index is 0. The van der Waals surface area contributed by atoms with E-state index in [-0.39, 0.29) is 24.8 Å². The van der Waals surface area contributed by atoms with Crippen molar-refractivity contribution in [2.24, 2.45) is 0 Å². The fraction of sp³-hybridized carbons (Fsp3) is 0.385. The van der Waals surface area contributed by atoms with Crippen LogP contribution in [0.15, 0.2) is 34.7 Å². The van der Waals surface area contributed by atoms with E-state index in [1.165, 1.54) is 0 Å². The summed E-state index contributed by atoms with van der Waals surface area (Å²) in [7, 11) is 0. The van der Waals surface area contributed by atoms with Crippen LogP contribution in [0.25, 0.3) is 11.5 Å². The Morgan fingerprint density at radius 1 is 1.00 bits per heavy atom. The summed E-state index contributed by atoms with van der Waals surface area (Å²) < 4.78 is 5.76. The molecule has 3 rings (SSSR count). The molecule has 6 heteroatoms. The number of hydrogen-bond donors (Lipinski definition) is 1. The van der Waals surface area contributed by atoms with Crippen molar-refractivity contribution in [1.82, 2.24) is 15.5 Å². The summed E-state index contributed by atoms with van der Waals surface area (Å²) in [6.45, 7) is 2.07. The van der Waals surface area contributed by atoms with Crippen molar-refractivity contribution in [2.45, 2.75) is 18.8 Å². The lowest BCUT2D eigenvalue weighted by molar-refractivity contribution is 0.378. The van der Waals surface area contributed by atoms with Crippen LogP contribution in [0.4, 0.5) is 0 Å². The quantitative estimate of drug-likeness (QED) is 0.926. The average molecular weight is 302 g/mol. The van der Waals surface area contributed by atoms with Crippen LogP contribution < -0.4 is 5.32 Å². The van der Waals surface area contributed by atoms with Gasteiger partial charge in [0.1, 0.15) is 0 Å². The molecule has 1 aliphatic rings. The van der Waals surface area contributed by atoms with Crippen molar-refractivity contribution in [1.29, 1.82) is 0 Å². The van der Waals surface area contributed by atoms with E-state index in [0.29, 0.717) is 11.8 Å². The van der Waals surface area contributed by atoms with E-state index in [0.717, 1.165) is 37.4 Å². The molecule has 0 saturated carbocycles. The lowest BCUT2D eigenvalue weighted by atomic mass is 9.98. The summed E-state index contributed by atoms with van der Waals surface area (Å²) in [6, 6.07) is 9.90. The molecule has 0 amide bonds. The van der Waals surface area contributed by atoms with E-state index in [1.807, 2.05) is 30.3 Å². The minimum atomic E-state index is 0. The van der Waals surface area contributed by atoms with Gasteiger partial charge in [0.05, 0.1) is 0 Å². The zero-order valence-corrected chi connectivity index (χ0v) is 12.0. The number of halogens is 2. The van der Waals surface area contributed by atoms with E-state index < -0.39 is 0 Å². The highest BCUT2D eigenvalue weighted by Gasteiger charge is 2.21. The van der Waals surface area contributed by atoms with Crippen molar-refractivity contribution in [3.05, 3.63) is 36.2 Å². The molecule has 19 heavy (non-hydrogen) atoms. The maximum atomic E-state index is 5.76. The van der Waals surface area contributed by atoms with Gasteiger partial charge in [-0.2, -0.15) is 0 Å². The summed E-state index contributed by atoms with van der Waals surface area (Å²) >= 11 is 0. The molecule has 1 aliphatic heterocycles. The molecule has 1 aromatic heterocycles. The molecule has 4 nitrogen and oxygen atoms in total. The Kier molecular flexibility index (Phi) is 6.28. The monoisotopic (exact) mass is 301 g/mol. The van der Waals surface area contributed by atoms with Gasteiger partial charge in [-0.3, -0.25) is 0 Å². The average Bonchev–Trinajstić information content (AvgIpc) is 2.90. The Morgan fingerprint density at radius 3 is 2.37 bits per heavy atom. The zero-order valence-electron chi connectivity index (χ0n) is 10.4. The summed E-state index contributed by atoms with van der Waals surface area (Å²) in [4.78, 5) is 0. The van der Waals surface area contributed by atoms with Gasteiger partial charge in [0.25, 0.3) is 0 Å². The topological polar surface area (TPSA) is 51.0 Å². The summed E-state index contributed by atoms with van der Waals surface area (Å²) in [6.07, 6.45) is 2.16. The molecule has 0 atom stereocenters. The smallest absolute Gasteiger partial charge is 0.247 e. The predicted octanol–water partition coefficient (Wildman–Crippen LogP) is 3.05. The van der Waals surface area contributed by atoms with Crippen LogP contribution in [0.1, 0.15) is 24.7 Å². The number of benzene rings is 1. The van der Waals surface area contributed by atoms with Crippen LogP contribution in [0.3, 0.4) is 0 Å². The molecule has 0 aliphatic carbocycles. The number of nitrogens with one attached hydrogen (secondary N) is 1. The largest absolute Gasteiger partial charge is 0.420 e. The molecule has 104 valence electrons. The molecule has 1 fully saturated rings. The second-order valence-electron chi connectivity index (χ2n) is 4.34. The van der Waals surface area contributed by atoms with Gasteiger partial charge in [-0.05, 0) is 38.1 Å². The predicted molar refractivity (Wildman–Crippen MR) is 79.1 cm³/mol. The van der Waals surface area contributed by atoms with Crippen LogP contribution in [0.2, 0.25) is 0 Å². The first-order chi connectivity index (χ1) is 8.43. The lowest BCUT2D eigenvalue weighted by Gasteiger charge is -2.18. The zero-order chi connectivity index (χ0) is 11.5. The fourth-order valence-electron chi connectivity index (χ4n) is 2.17. The number of piperidine rings is 1. The van der Waals surface area contributed by atoms with Crippen molar-refractivity contribution < 1.29 is 4.42 Å². The molecule has 0 spiro atoms. The normalized spacial score (nSPS) is 15.4. The molecule has 1 aromatic carbocycles. The lowest BCUT2D eigenvalue weighted by Crippen LogP contribution is -2.26. The van der Waals surface area contributed by atoms with Crippen molar-refractivity contribution >= 4 is 24.8 Å². The Bertz CT molecular complexity index is 484. The van der Waals surface area contributed by atoms with Gasteiger partial charge in [-0.25, -0.2) is 0 Å². The molecule has 0 bridgehead atoms. The van der Waals surface area contributed by atoms with Gasteiger partial charge in [0.15, 0.2) is 0 Å². The second-order valence-corrected chi connectivity index (χ2v) is 4.34. The standard InChI is InChI=1S/C13H15N3O.2ClH/c1-2-4-10(5-3-1)12-15-16-13(17-12)11-6-8-14-9-7-11;;/h1-5,11,14H,6-9H2;2*1H. The molecule has 0 radical (unpaired) electrons. The third kappa shape index (κ3) is 3.69. The Hall–Kier alpha value is -1.10. The number of nitrogens with zero attached hydrogens (tertiary/aromatic N) is 2. The van der Waals surface area contributed by atoms with E-state index in [2.05, 4.69) is 15.5 Å². The molecule has 0 unspecified atom stereocenters. The molecule has 1 saturated heterocycles. The van der Waals surface area contributed by atoms with Gasteiger partial charge in [-0.1, -0.05) is 18.2 Å². The summed E-state index contributed by atoms with van der Waals surface area (Å²) in [5, 5.41) is 11.6. The SMILES string of the molecule is Cl.Cl.c1ccc(-c2nnc(C3CCNCC3)o2)cc1. The van der Waals surface area contributed by atoms with Crippen molar-refractivity contribution in [2.75, 3.05) is 13.1 Å². The van der Waals surface area contributed by atoms with Crippen LogP contribution in [-0.4, -0.2) is 23.3 Å². The van der Waals surface area contributed by atoms with E-state index in [4.69, 9.17) is 4.42 Å². The van der Waals surface area contributed by atoms with E-state index in [1.54, 1.807) is 0 Å². The van der Waals surface area contributed by atoms with Crippen LogP contribution in [0.5, 0.6) is 0 Å². The van der Waals surface area contributed by atoms with Gasteiger partial charge >= 0.3 is 0 Å². The molecular formula is C13H17Cl2N3O. The number of hydrogen-bond acceptors (Lipinski definition) is 4. The Balaban J connectivity index is 0.000000902. The number of rotatable bonds is 2. The highest BCUT2D eigenvalue weighted by molar-refractivity contribution is 5.85. The van der Waals surface area contributed by atoms with Crippen LogP contribution in [-0.2, 0) is 0 Å². The summed E-state index contributed by atoms with van der Waals surface area (Å²) in [5.41, 5.74) is 0.986. The third-order valence-corrected chi connectivity index (χ3v) is 3.15. The molecule has 2 aromatic rings. The van der Waals surface area contributed by atoms with Gasteiger partial charge in [-0.15, -0.1) is 35.0 Å². The highest BCUT2D eigenvalue weighted by atomic mass is 35.5. The maximum absolute atomic E-state index is 5.76. The van der Waals surface area contributed by atoms with Crippen molar-refractivity contribution in [3.8, 4) is 11.5 Å². The van der Waals surface area contributed by atoms with Crippen molar-refractivity contribution in [3.63, 3.8) is 0 Å². The molecular weight excluding hydrogens is 285 g/mol. The highest BCUT2D eigenvalue weighted by Crippen LogP contribution is 2.26. The van der Waals surface area contributed by atoms with E-state index >= 15 is 0 Å². The Morgan fingerprint density at radius 2 is 1.68 bits per heavy atom. The maximum Gasteiger partial charge on any atom is 0.247 e. The first-order valence-electron chi connectivity index (χ1n) is 6.03. The van der Waals surface area contributed by atoms with E-state index in [9.17, 15) is 0 Å². The van der Waals surface area contributed by atoms with Crippen LogP contribution in [0, 0.1) is 0 Å².